The summed E-state index contributed by atoms with van der Waals surface area (Å²) in [6.45, 7) is 0. The van der Waals surface area contributed by atoms with Crippen LogP contribution in [0.5, 0.6) is 0 Å². The van der Waals surface area contributed by atoms with E-state index in [1.807, 2.05) is 24.4 Å². The number of carbonyl (C=O) groups is 1. The molecule has 0 aliphatic carbocycles. The lowest BCUT2D eigenvalue weighted by molar-refractivity contribution is 0.0827. The van der Waals surface area contributed by atoms with Crippen LogP contribution < -0.4 is 0 Å². The Balaban J connectivity index is 2.59. The maximum atomic E-state index is 11.8. The highest BCUT2D eigenvalue weighted by molar-refractivity contribution is 9.10. The minimum Gasteiger partial charge on any atom is -0.361 e. The first-order chi connectivity index (χ1) is 7.09. The number of H-pyrrole nitrogens is 1. The van der Waals surface area contributed by atoms with Gasteiger partial charge in [0.25, 0.3) is 5.91 Å². The van der Waals surface area contributed by atoms with Crippen molar-refractivity contribution in [1.82, 2.24) is 9.88 Å². The third kappa shape index (κ3) is 1.77. The molecule has 2 aromatic rings. The molecule has 0 spiro atoms. The molecule has 1 amide bonds. The van der Waals surface area contributed by atoms with Crippen LogP contribution in [0.25, 0.3) is 10.9 Å². The summed E-state index contributed by atoms with van der Waals surface area (Å²) in [6.07, 6.45) is 1.86. The van der Waals surface area contributed by atoms with Crippen LogP contribution in [0.2, 0.25) is 0 Å². The Hall–Kier alpha value is -1.29. The second-order valence-corrected chi connectivity index (χ2v) is 4.45. The Morgan fingerprint density at radius 1 is 1.40 bits per heavy atom. The Kier molecular flexibility index (Phi) is 2.52. The third-order valence-electron chi connectivity index (χ3n) is 2.27. The number of hydrogen-bond acceptors (Lipinski definition) is 1. The fourth-order valence-electron chi connectivity index (χ4n) is 1.50. The average molecular weight is 267 g/mol. The number of nitrogens with zero attached hydrogens (tertiary/aromatic N) is 1. The molecule has 1 aromatic carbocycles. The molecular weight excluding hydrogens is 256 g/mol. The number of hydrogen-bond donors (Lipinski definition) is 1. The van der Waals surface area contributed by atoms with Gasteiger partial charge in [-0.1, -0.05) is 15.9 Å². The van der Waals surface area contributed by atoms with Gasteiger partial charge in [-0.15, -0.1) is 0 Å². The lowest BCUT2D eigenvalue weighted by Gasteiger charge is -2.10. The van der Waals surface area contributed by atoms with Gasteiger partial charge in [-0.2, -0.15) is 0 Å². The maximum Gasteiger partial charge on any atom is 0.253 e. The zero-order valence-corrected chi connectivity index (χ0v) is 10.1. The van der Waals surface area contributed by atoms with Crippen molar-refractivity contribution in [1.29, 1.82) is 0 Å². The number of aromatic nitrogens is 1. The van der Waals surface area contributed by atoms with E-state index in [0.29, 0.717) is 5.56 Å². The summed E-state index contributed by atoms with van der Waals surface area (Å²) in [5.41, 5.74) is 1.65. The Morgan fingerprint density at radius 2 is 2.13 bits per heavy atom. The highest BCUT2D eigenvalue weighted by Crippen LogP contribution is 2.25. The molecule has 0 aliphatic rings. The minimum absolute atomic E-state index is 0.00667. The predicted octanol–water partition coefficient (Wildman–Crippen LogP) is 2.63. The number of amides is 1. The van der Waals surface area contributed by atoms with Crippen molar-refractivity contribution in [2.75, 3.05) is 14.1 Å². The molecular formula is C11H11BrN2O. The molecule has 0 radical (unpaired) electrons. The molecule has 3 nitrogen and oxygen atoms in total. The fraction of sp³-hybridized carbons (Fsp3) is 0.182. The average Bonchev–Trinajstić information content (AvgIpc) is 2.64. The monoisotopic (exact) mass is 266 g/mol. The largest absolute Gasteiger partial charge is 0.361 e. The highest BCUT2D eigenvalue weighted by Gasteiger charge is 2.11. The smallest absolute Gasteiger partial charge is 0.253 e. The SMILES string of the molecule is CN(C)C(=O)c1cc(Br)c2cc[nH]c2c1. The molecule has 0 fully saturated rings. The zero-order chi connectivity index (χ0) is 11.0. The fourth-order valence-corrected chi connectivity index (χ4v) is 2.10. The van der Waals surface area contributed by atoms with Crippen LogP contribution in [0.3, 0.4) is 0 Å². The Bertz CT molecular complexity index is 516. The van der Waals surface area contributed by atoms with Crippen LogP contribution in [0.4, 0.5) is 0 Å². The Morgan fingerprint density at radius 3 is 2.80 bits per heavy atom. The number of aromatic amines is 1. The molecule has 2 rings (SSSR count). The first-order valence-electron chi connectivity index (χ1n) is 4.58. The summed E-state index contributed by atoms with van der Waals surface area (Å²) in [5.74, 6) is 0.00667. The number of benzene rings is 1. The molecule has 0 atom stereocenters. The molecule has 4 heteroatoms. The molecule has 78 valence electrons. The van der Waals surface area contributed by atoms with Crippen molar-refractivity contribution in [3.8, 4) is 0 Å². The minimum atomic E-state index is 0.00667. The standard InChI is InChI=1S/C11H11BrN2O/c1-14(2)11(15)7-5-9(12)8-3-4-13-10(8)6-7/h3-6,13H,1-2H3. The van der Waals surface area contributed by atoms with Gasteiger partial charge in [-0.05, 0) is 18.2 Å². The van der Waals surface area contributed by atoms with Gasteiger partial charge in [-0.3, -0.25) is 4.79 Å². The van der Waals surface area contributed by atoms with Crippen molar-refractivity contribution >= 4 is 32.7 Å². The number of nitrogens with one attached hydrogen (secondary N) is 1. The van der Waals surface area contributed by atoms with Gasteiger partial charge in [0.05, 0.1) is 0 Å². The number of carbonyl (C=O) groups excluding carboxylic acids is 1. The van der Waals surface area contributed by atoms with Crippen molar-refractivity contribution in [2.24, 2.45) is 0 Å². The maximum absolute atomic E-state index is 11.8. The molecule has 1 heterocycles. The molecule has 1 aromatic heterocycles. The van der Waals surface area contributed by atoms with Crippen LogP contribution in [0.15, 0.2) is 28.9 Å². The van der Waals surface area contributed by atoms with E-state index < -0.39 is 0 Å². The van der Waals surface area contributed by atoms with E-state index >= 15 is 0 Å². The summed E-state index contributed by atoms with van der Waals surface area (Å²) in [6, 6.07) is 5.68. The Labute approximate surface area is 96.2 Å². The van der Waals surface area contributed by atoms with Gasteiger partial charge in [0.1, 0.15) is 0 Å². The van der Waals surface area contributed by atoms with E-state index in [1.165, 1.54) is 0 Å². The van der Waals surface area contributed by atoms with Crippen LogP contribution in [0, 0.1) is 0 Å². The molecule has 15 heavy (non-hydrogen) atoms. The highest BCUT2D eigenvalue weighted by atomic mass is 79.9. The summed E-state index contributed by atoms with van der Waals surface area (Å²) in [5, 5.41) is 1.09. The van der Waals surface area contributed by atoms with Crippen LogP contribution in [0.1, 0.15) is 10.4 Å². The van der Waals surface area contributed by atoms with Crippen LogP contribution >= 0.6 is 15.9 Å². The van der Waals surface area contributed by atoms with Crippen molar-refractivity contribution < 1.29 is 4.79 Å². The first kappa shape index (κ1) is 10.2. The molecule has 0 bridgehead atoms. The summed E-state index contributed by atoms with van der Waals surface area (Å²) in [4.78, 5) is 16.4. The summed E-state index contributed by atoms with van der Waals surface area (Å²) < 4.78 is 0.937. The lowest BCUT2D eigenvalue weighted by atomic mass is 10.1. The van der Waals surface area contributed by atoms with Gasteiger partial charge in [-0.25, -0.2) is 0 Å². The van der Waals surface area contributed by atoms with Gasteiger partial charge >= 0.3 is 0 Å². The lowest BCUT2D eigenvalue weighted by Crippen LogP contribution is -2.21. The van der Waals surface area contributed by atoms with Crippen molar-refractivity contribution in [3.63, 3.8) is 0 Å². The molecule has 1 N–H and O–H groups in total. The number of halogens is 1. The van der Waals surface area contributed by atoms with Crippen LogP contribution in [-0.2, 0) is 0 Å². The van der Waals surface area contributed by atoms with Crippen molar-refractivity contribution in [2.45, 2.75) is 0 Å². The molecule has 0 aliphatic heterocycles. The van der Waals surface area contributed by atoms with Gasteiger partial charge in [0, 0.05) is 41.2 Å². The summed E-state index contributed by atoms with van der Waals surface area (Å²) in [7, 11) is 3.49. The molecule has 0 saturated carbocycles. The topological polar surface area (TPSA) is 36.1 Å². The van der Waals surface area contributed by atoms with E-state index in [0.717, 1.165) is 15.4 Å². The molecule has 0 saturated heterocycles. The number of rotatable bonds is 1. The quantitative estimate of drug-likeness (QED) is 0.847. The van der Waals surface area contributed by atoms with Gasteiger partial charge in [0.15, 0.2) is 0 Å². The normalized spacial score (nSPS) is 10.6. The second kappa shape index (κ2) is 3.70. The zero-order valence-electron chi connectivity index (χ0n) is 8.54. The second-order valence-electron chi connectivity index (χ2n) is 3.60. The van der Waals surface area contributed by atoms with E-state index in [9.17, 15) is 4.79 Å². The van der Waals surface area contributed by atoms with E-state index in [4.69, 9.17) is 0 Å². The van der Waals surface area contributed by atoms with E-state index in [2.05, 4.69) is 20.9 Å². The third-order valence-corrected chi connectivity index (χ3v) is 2.93. The summed E-state index contributed by atoms with van der Waals surface area (Å²) >= 11 is 3.45. The van der Waals surface area contributed by atoms with E-state index in [1.54, 1.807) is 19.0 Å². The molecule has 0 unspecified atom stereocenters. The number of fused-ring (bicyclic) bond motifs is 1. The van der Waals surface area contributed by atoms with Gasteiger partial charge in [0.2, 0.25) is 0 Å². The van der Waals surface area contributed by atoms with Crippen LogP contribution in [-0.4, -0.2) is 29.9 Å². The van der Waals surface area contributed by atoms with E-state index in [-0.39, 0.29) is 5.91 Å². The van der Waals surface area contributed by atoms with Crippen molar-refractivity contribution in [3.05, 3.63) is 34.4 Å². The predicted molar refractivity (Wildman–Crippen MR) is 64.0 cm³/mol. The first-order valence-corrected chi connectivity index (χ1v) is 5.37. The van der Waals surface area contributed by atoms with Gasteiger partial charge < -0.3 is 9.88 Å².